The Labute approximate surface area is 169 Å². The molecule has 1 aliphatic heterocycles. The van der Waals surface area contributed by atoms with Gasteiger partial charge in [-0.25, -0.2) is 0 Å². The number of carbonyl (C=O) groups is 1. The lowest BCUT2D eigenvalue weighted by Gasteiger charge is -2.08. The summed E-state index contributed by atoms with van der Waals surface area (Å²) in [6.45, 7) is 0.961. The van der Waals surface area contributed by atoms with Crippen molar-refractivity contribution in [2.24, 2.45) is 0 Å². The monoisotopic (exact) mass is 392 g/mol. The zero-order chi connectivity index (χ0) is 19.3. The van der Waals surface area contributed by atoms with E-state index in [2.05, 4.69) is 20.1 Å². The Balaban J connectivity index is 1.45. The molecule has 0 bridgehead atoms. The summed E-state index contributed by atoms with van der Waals surface area (Å²) >= 11 is 6.10. The van der Waals surface area contributed by atoms with Gasteiger partial charge in [-0.3, -0.25) is 4.79 Å². The number of hydrogen-bond acceptors (Lipinski definition) is 3. The van der Waals surface area contributed by atoms with Crippen molar-refractivity contribution in [2.45, 2.75) is 32.2 Å². The topological polar surface area (TPSA) is 59.8 Å². The van der Waals surface area contributed by atoms with E-state index in [-0.39, 0.29) is 5.91 Å². The third kappa shape index (κ3) is 4.15. The molecule has 6 heteroatoms. The fraction of sp³-hybridized carbons (Fsp3) is 0.227. The van der Waals surface area contributed by atoms with E-state index in [0.29, 0.717) is 5.02 Å². The molecule has 0 saturated carbocycles. The highest BCUT2D eigenvalue weighted by Crippen LogP contribution is 2.24. The minimum absolute atomic E-state index is 0.205. The standard InChI is InChI=1S/C22H21ClN4O/c23-19-7-4-3-6-16(19)11-14-21(28)24-18-12-9-17(10-13-18)22-26-25-20-8-2-1-5-15-27(20)22/h3-4,6-7,9-14H,1-2,5,8,15H2,(H,24,28)/b14-11+. The summed E-state index contributed by atoms with van der Waals surface area (Å²) in [4.78, 5) is 12.2. The molecule has 0 unspecified atom stereocenters. The van der Waals surface area contributed by atoms with Gasteiger partial charge in [0.1, 0.15) is 5.82 Å². The Kier molecular flexibility index (Phi) is 5.53. The quantitative estimate of drug-likeness (QED) is 0.637. The highest BCUT2D eigenvalue weighted by molar-refractivity contribution is 6.32. The number of aromatic nitrogens is 3. The first-order valence-corrected chi connectivity index (χ1v) is 9.84. The Bertz CT molecular complexity index is 1010. The maximum atomic E-state index is 12.2. The van der Waals surface area contributed by atoms with E-state index in [4.69, 9.17) is 11.6 Å². The number of nitrogens with zero attached hydrogens (tertiary/aromatic N) is 3. The number of amides is 1. The molecular formula is C22H21ClN4O. The van der Waals surface area contributed by atoms with Gasteiger partial charge in [-0.15, -0.1) is 10.2 Å². The molecule has 1 aliphatic rings. The molecule has 4 rings (SSSR count). The van der Waals surface area contributed by atoms with Crippen molar-refractivity contribution >= 4 is 29.3 Å². The number of hydrogen-bond donors (Lipinski definition) is 1. The summed E-state index contributed by atoms with van der Waals surface area (Å²) < 4.78 is 2.22. The van der Waals surface area contributed by atoms with E-state index in [1.54, 1.807) is 12.1 Å². The Morgan fingerprint density at radius 1 is 1.04 bits per heavy atom. The van der Waals surface area contributed by atoms with Gasteiger partial charge >= 0.3 is 0 Å². The fourth-order valence-electron chi connectivity index (χ4n) is 3.36. The second-order valence-electron chi connectivity index (χ2n) is 6.82. The first-order chi connectivity index (χ1) is 13.7. The molecule has 28 heavy (non-hydrogen) atoms. The number of carbonyl (C=O) groups excluding carboxylic acids is 1. The van der Waals surface area contributed by atoms with E-state index in [0.717, 1.165) is 47.8 Å². The van der Waals surface area contributed by atoms with Crippen LogP contribution in [-0.2, 0) is 17.8 Å². The molecule has 0 radical (unpaired) electrons. The van der Waals surface area contributed by atoms with Gasteiger partial charge in [0.05, 0.1) is 0 Å². The summed E-state index contributed by atoms with van der Waals surface area (Å²) in [5.41, 5.74) is 2.54. The van der Waals surface area contributed by atoms with Crippen LogP contribution in [0.1, 0.15) is 30.7 Å². The normalized spacial score (nSPS) is 13.9. The molecule has 2 heterocycles. The third-order valence-corrected chi connectivity index (χ3v) is 5.18. The molecule has 2 aromatic carbocycles. The van der Waals surface area contributed by atoms with Gasteiger partial charge in [-0.1, -0.05) is 36.2 Å². The van der Waals surface area contributed by atoms with Gasteiger partial charge < -0.3 is 9.88 Å². The molecule has 0 aliphatic carbocycles. The maximum Gasteiger partial charge on any atom is 0.248 e. The average Bonchev–Trinajstić information content (AvgIpc) is 2.96. The lowest BCUT2D eigenvalue weighted by molar-refractivity contribution is -0.111. The largest absolute Gasteiger partial charge is 0.323 e. The molecule has 0 atom stereocenters. The van der Waals surface area contributed by atoms with Crippen molar-refractivity contribution < 1.29 is 4.79 Å². The number of halogens is 1. The lowest BCUT2D eigenvalue weighted by Crippen LogP contribution is -2.07. The predicted octanol–water partition coefficient (Wildman–Crippen LogP) is 4.98. The van der Waals surface area contributed by atoms with Gasteiger partial charge in [0.25, 0.3) is 0 Å². The number of benzene rings is 2. The summed E-state index contributed by atoms with van der Waals surface area (Å²) in [6, 6.07) is 15.1. The second-order valence-corrected chi connectivity index (χ2v) is 7.23. The molecule has 0 fully saturated rings. The SMILES string of the molecule is O=C(/C=C/c1ccccc1Cl)Nc1ccc(-c2nnc3n2CCCCC3)cc1. The van der Waals surface area contributed by atoms with E-state index in [1.165, 1.54) is 18.9 Å². The summed E-state index contributed by atoms with van der Waals surface area (Å²) in [5.74, 6) is 1.76. The molecule has 142 valence electrons. The van der Waals surface area contributed by atoms with Crippen LogP contribution in [0.5, 0.6) is 0 Å². The predicted molar refractivity (Wildman–Crippen MR) is 112 cm³/mol. The second kappa shape index (κ2) is 8.40. The van der Waals surface area contributed by atoms with Crippen molar-refractivity contribution in [3.63, 3.8) is 0 Å². The number of aryl methyl sites for hydroxylation is 1. The minimum atomic E-state index is -0.205. The van der Waals surface area contributed by atoms with Crippen LogP contribution < -0.4 is 5.32 Å². The molecule has 1 aromatic heterocycles. The van der Waals surface area contributed by atoms with Crippen LogP contribution in [0.4, 0.5) is 5.69 Å². The van der Waals surface area contributed by atoms with Gasteiger partial charge in [-0.2, -0.15) is 0 Å². The van der Waals surface area contributed by atoms with Gasteiger partial charge in [0.2, 0.25) is 5.91 Å². The van der Waals surface area contributed by atoms with Crippen LogP contribution in [0.25, 0.3) is 17.5 Å². The van der Waals surface area contributed by atoms with Crippen LogP contribution in [0.15, 0.2) is 54.6 Å². The van der Waals surface area contributed by atoms with Gasteiger partial charge in [-0.05, 0) is 54.8 Å². The zero-order valence-corrected chi connectivity index (χ0v) is 16.2. The third-order valence-electron chi connectivity index (χ3n) is 4.84. The van der Waals surface area contributed by atoms with Crippen molar-refractivity contribution in [1.82, 2.24) is 14.8 Å². The first-order valence-electron chi connectivity index (χ1n) is 9.47. The fourth-order valence-corrected chi connectivity index (χ4v) is 3.56. The Morgan fingerprint density at radius 2 is 1.86 bits per heavy atom. The highest BCUT2D eigenvalue weighted by atomic mass is 35.5. The van der Waals surface area contributed by atoms with E-state index < -0.39 is 0 Å². The molecule has 5 nitrogen and oxygen atoms in total. The summed E-state index contributed by atoms with van der Waals surface area (Å²) in [7, 11) is 0. The van der Waals surface area contributed by atoms with Crippen molar-refractivity contribution in [2.75, 3.05) is 5.32 Å². The average molecular weight is 393 g/mol. The highest BCUT2D eigenvalue weighted by Gasteiger charge is 2.15. The molecule has 1 amide bonds. The number of anilines is 1. The first kappa shape index (κ1) is 18.4. The van der Waals surface area contributed by atoms with Gasteiger partial charge in [0.15, 0.2) is 5.82 Å². The number of fused-ring (bicyclic) bond motifs is 1. The molecule has 0 spiro atoms. The smallest absolute Gasteiger partial charge is 0.248 e. The molecule has 1 N–H and O–H groups in total. The summed E-state index contributed by atoms with van der Waals surface area (Å²) in [6.07, 6.45) is 7.73. The minimum Gasteiger partial charge on any atom is -0.323 e. The van der Waals surface area contributed by atoms with Crippen molar-refractivity contribution in [3.05, 3.63) is 71.0 Å². The zero-order valence-electron chi connectivity index (χ0n) is 15.4. The maximum absolute atomic E-state index is 12.2. The van der Waals surface area contributed by atoms with E-state index in [9.17, 15) is 4.79 Å². The van der Waals surface area contributed by atoms with Crippen LogP contribution in [0.2, 0.25) is 5.02 Å². The van der Waals surface area contributed by atoms with Crippen LogP contribution in [0, 0.1) is 0 Å². The summed E-state index contributed by atoms with van der Waals surface area (Å²) in [5, 5.41) is 12.2. The number of nitrogens with one attached hydrogen (secondary N) is 1. The van der Waals surface area contributed by atoms with Crippen LogP contribution in [0.3, 0.4) is 0 Å². The van der Waals surface area contributed by atoms with Crippen LogP contribution in [-0.4, -0.2) is 20.7 Å². The van der Waals surface area contributed by atoms with Crippen LogP contribution >= 0.6 is 11.6 Å². The molecule has 0 saturated heterocycles. The number of rotatable bonds is 4. The van der Waals surface area contributed by atoms with E-state index in [1.807, 2.05) is 42.5 Å². The van der Waals surface area contributed by atoms with E-state index >= 15 is 0 Å². The Morgan fingerprint density at radius 3 is 2.68 bits per heavy atom. The van der Waals surface area contributed by atoms with Gasteiger partial charge in [0, 0.05) is 35.3 Å². The molecule has 3 aromatic rings. The lowest BCUT2D eigenvalue weighted by atomic mass is 10.2. The Hall–Kier alpha value is -2.92. The molecular weight excluding hydrogens is 372 g/mol. The van der Waals surface area contributed by atoms with Crippen molar-refractivity contribution in [1.29, 1.82) is 0 Å². The van der Waals surface area contributed by atoms with Crippen molar-refractivity contribution in [3.8, 4) is 11.4 Å².